The summed E-state index contributed by atoms with van der Waals surface area (Å²) in [6.07, 6.45) is 5.91. The van der Waals surface area contributed by atoms with Crippen molar-refractivity contribution in [2.45, 2.75) is 84.4 Å². The van der Waals surface area contributed by atoms with Gasteiger partial charge in [-0.3, -0.25) is 19.5 Å². The number of aliphatic hydroxyl groups excluding tert-OH is 1. The number of hydrogen-bond acceptors (Lipinski definition) is 9. The summed E-state index contributed by atoms with van der Waals surface area (Å²) in [7, 11) is 0. The molecule has 2 aliphatic rings. The normalized spacial score (nSPS) is 18.4. The molecule has 5 rings (SSSR count). The van der Waals surface area contributed by atoms with E-state index in [9.17, 15) is 14.7 Å². The number of anilines is 4. The lowest BCUT2D eigenvalue weighted by molar-refractivity contribution is -0.125. The van der Waals surface area contributed by atoms with Crippen LogP contribution in [0.4, 0.5) is 23.1 Å². The molecule has 2 atom stereocenters. The van der Waals surface area contributed by atoms with Gasteiger partial charge >= 0.3 is 0 Å². The number of nitrogens with zero attached hydrogens (tertiary/aromatic N) is 4. The third-order valence-electron chi connectivity index (χ3n) is 8.30. The second-order valence-electron chi connectivity index (χ2n) is 13.5. The van der Waals surface area contributed by atoms with Crippen LogP contribution >= 0.6 is 0 Å². The third-order valence-corrected chi connectivity index (χ3v) is 8.30. The van der Waals surface area contributed by atoms with E-state index >= 15 is 0 Å². The van der Waals surface area contributed by atoms with Crippen LogP contribution in [0.15, 0.2) is 42.7 Å². The standard InChI is InChI=1S/C34H46N8O3/c1-21(2)38-32(45)28-19-37-33(41-30(28)39-26-10-12-35-29(18-26)34(3,4)5)40-25-8-6-24-20-42(14-11-22(24)16-25)15-13-36-31(44)23-7-9-27(43)17-23/h6,8,10,12,16,18-19,21,23,27,43H,7,9,11,13-15,17,20H2,1-5H3,(H,36,44)(H,38,45)(H2,35,37,39,40,41). The first-order valence-corrected chi connectivity index (χ1v) is 15.9. The molecular weight excluding hydrogens is 568 g/mol. The Morgan fingerprint density at radius 1 is 1.04 bits per heavy atom. The molecule has 240 valence electrons. The van der Waals surface area contributed by atoms with Crippen LogP contribution in [0.5, 0.6) is 0 Å². The predicted octanol–water partition coefficient (Wildman–Crippen LogP) is 4.43. The van der Waals surface area contributed by atoms with Crippen molar-refractivity contribution in [2.75, 3.05) is 30.3 Å². The molecule has 1 aromatic carbocycles. The topological polar surface area (TPSA) is 144 Å². The maximum Gasteiger partial charge on any atom is 0.256 e. The van der Waals surface area contributed by atoms with E-state index in [4.69, 9.17) is 4.98 Å². The van der Waals surface area contributed by atoms with Gasteiger partial charge in [0, 0.05) is 73.0 Å². The number of carbonyl (C=O) groups excluding carboxylic acids is 2. The smallest absolute Gasteiger partial charge is 0.256 e. The molecule has 0 bridgehead atoms. The lowest BCUT2D eigenvalue weighted by Crippen LogP contribution is -2.39. The molecule has 11 nitrogen and oxygen atoms in total. The van der Waals surface area contributed by atoms with E-state index in [0.29, 0.717) is 36.7 Å². The number of fused-ring (bicyclic) bond motifs is 1. The van der Waals surface area contributed by atoms with E-state index in [1.807, 2.05) is 32.0 Å². The van der Waals surface area contributed by atoms with E-state index in [2.05, 4.69) is 69.0 Å². The van der Waals surface area contributed by atoms with Gasteiger partial charge in [0.15, 0.2) is 0 Å². The first kappa shape index (κ1) is 32.3. The maximum atomic E-state index is 13.0. The van der Waals surface area contributed by atoms with Gasteiger partial charge in [0.25, 0.3) is 5.91 Å². The number of benzene rings is 1. The van der Waals surface area contributed by atoms with Gasteiger partial charge in [-0.1, -0.05) is 26.8 Å². The number of hydrogen-bond donors (Lipinski definition) is 5. The van der Waals surface area contributed by atoms with Crippen LogP contribution in [-0.4, -0.2) is 68.6 Å². The average molecular weight is 615 g/mol. The molecule has 0 saturated heterocycles. The molecule has 2 aromatic heterocycles. The Labute approximate surface area is 265 Å². The van der Waals surface area contributed by atoms with Crippen molar-refractivity contribution >= 4 is 35.0 Å². The number of pyridine rings is 1. The Kier molecular flexibility index (Phi) is 9.99. The summed E-state index contributed by atoms with van der Waals surface area (Å²) in [5.41, 5.74) is 5.33. The Bertz CT molecular complexity index is 1520. The van der Waals surface area contributed by atoms with Gasteiger partial charge in [-0.25, -0.2) is 4.98 Å². The zero-order valence-electron chi connectivity index (χ0n) is 27.0. The van der Waals surface area contributed by atoms with E-state index in [-0.39, 0.29) is 35.3 Å². The minimum Gasteiger partial charge on any atom is -0.393 e. The van der Waals surface area contributed by atoms with Crippen molar-refractivity contribution in [1.82, 2.24) is 30.5 Å². The monoisotopic (exact) mass is 614 g/mol. The summed E-state index contributed by atoms with van der Waals surface area (Å²) < 4.78 is 0. The zero-order valence-corrected chi connectivity index (χ0v) is 27.0. The van der Waals surface area contributed by atoms with Crippen molar-refractivity contribution < 1.29 is 14.7 Å². The number of nitrogens with one attached hydrogen (secondary N) is 4. The highest BCUT2D eigenvalue weighted by molar-refractivity contribution is 5.99. The summed E-state index contributed by atoms with van der Waals surface area (Å²) in [4.78, 5) is 41.5. The predicted molar refractivity (Wildman–Crippen MR) is 176 cm³/mol. The molecule has 1 saturated carbocycles. The van der Waals surface area contributed by atoms with Gasteiger partial charge in [-0.2, -0.15) is 4.98 Å². The van der Waals surface area contributed by atoms with Crippen molar-refractivity contribution in [3.8, 4) is 0 Å². The van der Waals surface area contributed by atoms with Gasteiger partial charge in [-0.15, -0.1) is 0 Å². The third kappa shape index (κ3) is 8.55. The molecule has 0 spiro atoms. The van der Waals surface area contributed by atoms with Crippen LogP contribution in [0.3, 0.4) is 0 Å². The fourth-order valence-electron chi connectivity index (χ4n) is 5.79. The first-order valence-electron chi connectivity index (χ1n) is 15.9. The van der Waals surface area contributed by atoms with Crippen LogP contribution in [0.25, 0.3) is 0 Å². The van der Waals surface area contributed by atoms with E-state index < -0.39 is 0 Å². The van der Waals surface area contributed by atoms with Crippen LogP contribution in [0, 0.1) is 5.92 Å². The molecule has 3 heterocycles. The van der Waals surface area contributed by atoms with Crippen LogP contribution in [-0.2, 0) is 23.2 Å². The highest BCUT2D eigenvalue weighted by Gasteiger charge is 2.28. The summed E-state index contributed by atoms with van der Waals surface area (Å²) >= 11 is 0. The lowest BCUT2D eigenvalue weighted by Gasteiger charge is -2.29. The summed E-state index contributed by atoms with van der Waals surface area (Å²) in [5.74, 6) is 0.533. The largest absolute Gasteiger partial charge is 0.393 e. The molecule has 2 amide bonds. The van der Waals surface area contributed by atoms with Crippen LogP contribution in [0.2, 0.25) is 0 Å². The number of aromatic nitrogens is 3. The van der Waals surface area contributed by atoms with E-state index in [1.165, 1.54) is 11.1 Å². The Hall–Kier alpha value is -4.09. The first-order chi connectivity index (χ1) is 21.4. The molecule has 3 aromatic rings. The zero-order chi connectivity index (χ0) is 32.1. The van der Waals surface area contributed by atoms with Crippen molar-refractivity contribution in [3.63, 3.8) is 0 Å². The Morgan fingerprint density at radius 3 is 2.58 bits per heavy atom. The van der Waals surface area contributed by atoms with Crippen molar-refractivity contribution in [3.05, 3.63) is 65.1 Å². The van der Waals surface area contributed by atoms with Crippen LogP contribution < -0.4 is 21.3 Å². The number of amides is 2. The number of carbonyl (C=O) groups is 2. The molecule has 0 radical (unpaired) electrons. The molecule has 1 aliphatic heterocycles. The van der Waals surface area contributed by atoms with E-state index in [1.54, 1.807) is 12.4 Å². The quantitative estimate of drug-likeness (QED) is 0.224. The fraction of sp³-hybridized carbons (Fsp3) is 0.500. The van der Waals surface area contributed by atoms with Gasteiger partial charge < -0.3 is 26.4 Å². The average Bonchev–Trinajstić information content (AvgIpc) is 3.43. The second-order valence-corrected chi connectivity index (χ2v) is 13.5. The molecule has 11 heteroatoms. The molecule has 2 unspecified atom stereocenters. The Balaban J connectivity index is 1.25. The minimum atomic E-state index is -0.339. The summed E-state index contributed by atoms with van der Waals surface area (Å²) in [6.45, 7) is 13.3. The van der Waals surface area contributed by atoms with E-state index in [0.717, 1.165) is 49.5 Å². The maximum absolute atomic E-state index is 13.0. The molecule has 45 heavy (non-hydrogen) atoms. The summed E-state index contributed by atoms with van der Waals surface area (Å²) in [6, 6.07) is 10.1. The molecule has 5 N–H and O–H groups in total. The van der Waals surface area contributed by atoms with Crippen LogP contribution in [0.1, 0.15) is 81.1 Å². The number of rotatable bonds is 10. The van der Waals surface area contributed by atoms with Crippen molar-refractivity contribution in [1.29, 1.82) is 0 Å². The SMILES string of the molecule is CC(C)NC(=O)c1cnc(Nc2ccc3c(c2)CCN(CCNC(=O)C2CCC(O)C2)C3)nc1Nc1ccnc(C(C)(C)C)c1. The number of aliphatic hydroxyl groups is 1. The van der Waals surface area contributed by atoms with Gasteiger partial charge in [0.2, 0.25) is 11.9 Å². The fourth-order valence-corrected chi connectivity index (χ4v) is 5.79. The minimum absolute atomic E-state index is 0.0336. The lowest BCUT2D eigenvalue weighted by atomic mass is 9.91. The second kappa shape index (κ2) is 13.9. The van der Waals surface area contributed by atoms with Gasteiger partial charge in [0.1, 0.15) is 11.4 Å². The molecule has 1 fully saturated rings. The Morgan fingerprint density at radius 2 is 1.84 bits per heavy atom. The molecule has 1 aliphatic carbocycles. The summed E-state index contributed by atoms with van der Waals surface area (Å²) in [5, 5.41) is 22.3. The van der Waals surface area contributed by atoms with Gasteiger partial charge in [-0.05, 0) is 74.9 Å². The van der Waals surface area contributed by atoms with Gasteiger partial charge in [0.05, 0.1) is 6.10 Å². The highest BCUT2D eigenvalue weighted by Crippen LogP contribution is 2.28. The molecular formula is C34H46N8O3. The highest BCUT2D eigenvalue weighted by atomic mass is 16.3. The van der Waals surface area contributed by atoms with Crippen molar-refractivity contribution in [2.24, 2.45) is 5.92 Å².